The Bertz CT molecular complexity index is 1010. The van der Waals surface area contributed by atoms with Crippen LogP contribution in [-0.2, 0) is 12.4 Å². The van der Waals surface area contributed by atoms with Gasteiger partial charge in [0.1, 0.15) is 11.5 Å². The summed E-state index contributed by atoms with van der Waals surface area (Å²) in [6.45, 7) is 0. The summed E-state index contributed by atoms with van der Waals surface area (Å²) in [4.78, 5) is 6.49. The number of fused-ring (bicyclic) bond motifs is 1. The molecule has 0 aliphatic heterocycles. The van der Waals surface area contributed by atoms with Crippen LogP contribution in [0.1, 0.15) is 11.4 Å². The second-order valence-corrected chi connectivity index (χ2v) is 5.85. The highest BCUT2D eigenvalue weighted by Crippen LogP contribution is 2.40. The van der Waals surface area contributed by atoms with Gasteiger partial charge in [-0.2, -0.15) is 36.1 Å². The molecule has 3 rings (SSSR count). The summed E-state index contributed by atoms with van der Waals surface area (Å²) in [7, 11) is 0. The van der Waals surface area contributed by atoms with Crippen LogP contribution in [0.2, 0.25) is 10.0 Å². The average molecular weight is 416 g/mol. The molecule has 26 heavy (non-hydrogen) atoms. The lowest BCUT2D eigenvalue weighted by Crippen LogP contribution is -2.15. The zero-order valence-electron chi connectivity index (χ0n) is 12.1. The molecule has 3 aromatic rings. The van der Waals surface area contributed by atoms with Gasteiger partial charge in [0.05, 0.1) is 20.9 Å². The summed E-state index contributed by atoms with van der Waals surface area (Å²) in [6, 6.07) is 1.59. The Balaban J connectivity index is 2.38. The van der Waals surface area contributed by atoms with Crippen LogP contribution in [0.3, 0.4) is 0 Å². The number of nitrogen functional groups attached to an aromatic ring is 1. The van der Waals surface area contributed by atoms with E-state index < -0.39 is 40.5 Å². The third-order valence-electron chi connectivity index (χ3n) is 3.24. The van der Waals surface area contributed by atoms with Gasteiger partial charge in [0.25, 0.3) is 0 Å². The Morgan fingerprint density at radius 2 is 1.65 bits per heavy atom. The minimum atomic E-state index is -5.20. The lowest BCUT2D eigenvalue weighted by molar-refractivity contribution is -0.149. The topological polar surface area (TPSA) is 69.6 Å². The molecule has 3 aromatic heterocycles. The van der Waals surface area contributed by atoms with E-state index in [0.29, 0.717) is 10.7 Å². The fourth-order valence-corrected chi connectivity index (χ4v) is 2.67. The third kappa shape index (κ3) is 3.12. The summed E-state index contributed by atoms with van der Waals surface area (Å²) in [5.41, 5.74) is 1.46. The first-order valence-corrected chi connectivity index (χ1v) is 7.30. The lowest BCUT2D eigenvalue weighted by atomic mass is 10.2. The van der Waals surface area contributed by atoms with E-state index in [-0.39, 0.29) is 15.9 Å². The van der Waals surface area contributed by atoms with E-state index >= 15 is 0 Å². The van der Waals surface area contributed by atoms with Crippen molar-refractivity contribution in [2.75, 3.05) is 5.73 Å². The van der Waals surface area contributed by atoms with Crippen molar-refractivity contribution >= 4 is 39.9 Å². The molecule has 0 unspecified atom stereocenters. The van der Waals surface area contributed by atoms with Crippen LogP contribution >= 0.6 is 23.2 Å². The molecule has 3 heterocycles. The van der Waals surface area contributed by atoms with Gasteiger partial charge in [-0.25, -0.2) is 9.97 Å². The van der Waals surface area contributed by atoms with Crippen molar-refractivity contribution in [1.29, 1.82) is 0 Å². The van der Waals surface area contributed by atoms with E-state index in [2.05, 4.69) is 15.1 Å². The molecule has 0 radical (unpaired) electrons. The number of halogens is 8. The maximum Gasteiger partial charge on any atom is 0.434 e. The summed E-state index contributed by atoms with van der Waals surface area (Å²) in [5.74, 6) is -0.822. The Labute approximate surface area is 150 Å². The maximum atomic E-state index is 13.2. The molecule has 0 saturated carbocycles. The molecule has 0 atom stereocenters. The van der Waals surface area contributed by atoms with Crippen LogP contribution in [0, 0.1) is 0 Å². The van der Waals surface area contributed by atoms with Crippen molar-refractivity contribution in [2.24, 2.45) is 0 Å². The quantitative estimate of drug-likeness (QED) is 0.582. The van der Waals surface area contributed by atoms with E-state index in [9.17, 15) is 26.3 Å². The molecule has 0 aliphatic rings. The Hall–Kier alpha value is -2.27. The van der Waals surface area contributed by atoms with Gasteiger partial charge in [-0.05, 0) is 12.1 Å². The highest BCUT2D eigenvalue weighted by atomic mass is 35.5. The van der Waals surface area contributed by atoms with Gasteiger partial charge >= 0.3 is 12.4 Å². The zero-order valence-corrected chi connectivity index (χ0v) is 13.6. The smallest absolute Gasteiger partial charge is 0.383 e. The van der Waals surface area contributed by atoms with Gasteiger partial charge in [0.2, 0.25) is 0 Å². The number of rotatable bonds is 1. The molecule has 138 valence electrons. The van der Waals surface area contributed by atoms with Crippen LogP contribution in [0.5, 0.6) is 0 Å². The van der Waals surface area contributed by atoms with Gasteiger partial charge in [0, 0.05) is 6.20 Å². The normalized spacial score (nSPS) is 12.8. The standard InChI is InChI=1S/C13H5Cl2F6N5/c14-4-1-5(15)11(23-3-4)26-10(22)8-6(25-26)2-7(12(16,17)18)24-9(8)13(19,20)21/h1-3H,22H2. The number of anilines is 1. The number of hydrogen-bond acceptors (Lipinski definition) is 4. The SMILES string of the molecule is Nc1c2c(C(F)(F)F)nc(C(F)(F)F)cc2nn1-c1ncc(Cl)cc1Cl. The fraction of sp³-hybridized carbons (Fsp3) is 0.154. The van der Waals surface area contributed by atoms with Crippen molar-refractivity contribution < 1.29 is 26.3 Å². The van der Waals surface area contributed by atoms with Crippen LogP contribution in [-0.4, -0.2) is 19.7 Å². The molecule has 0 spiro atoms. The first-order chi connectivity index (χ1) is 11.9. The number of hydrogen-bond donors (Lipinski definition) is 1. The molecule has 0 saturated heterocycles. The molecule has 0 bridgehead atoms. The Morgan fingerprint density at radius 1 is 1.00 bits per heavy atom. The summed E-state index contributed by atoms with van der Waals surface area (Å²) >= 11 is 11.6. The number of pyridine rings is 2. The molecular formula is C13H5Cl2F6N5. The van der Waals surface area contributed by atoms with Crippen LogP contribution < -0.4 is 5.73 Å². The van der Waals surface area contributed by atoms with E-state index in [1.54, 1.807) is 0 Å². The van der Waals surface area contributed by atoms with Crippen LogP contribution in [0.4, 0.5) is 32.2 Å². The van der Waals surface area contributed by atoms with Crippen molar-refractivity contribution in [1.82, 2.24) is 19.7 Å². The largest absolute Gasteiger partial charge is 0.434 e. The highest BCUT2D eigenvalue weighted by Gasteiger charge is 2.41. The van der Waals surface area contributed by atoms with Crippen molar-refractivity contribution in [2.45, 2.75) is 12.4 Å². The van der Waals surface area contributed by atoms with Gasteiger partial charge in [0.15, 0.2) is 11.5 Å². The molecule has 0 aromatic carbocycles. The average Bonchev–Trinajstić information content (AvgIpc) is 2.81. The van der Waals surface area contributed by atoms with Gasteiger partial charge in [-0.3, -0.25) is 0 Å². The number of aromatic nitrogens is 4. The Morgan fingerprint density at radius 3 is 2.19 bits per heavy atom. The second kappa shape index (κ2) is 5.88. The molecule has 5 nitrogen and oxygen atoms in total. The molecule has 0 aliphatic carbocycles. The molecule has 0 amide bonds. The molecule has 2 N–H and O–H groups in total. The number of nitrogens with two attached hydrogens (primary N) is 1. The van der Waals surface area contributed by atoms with Crippen molar-refractivity contribution in [3.8, 4) is 5.82 Å². The maximum absolute atomic E-state index is 13.2. The monoisotopic (exact) mass is 415 g/mol. The van der Waals surface area contributed by atoms with E-state index in [1.165, 1.54) is 6.07 Å². The van der Waals surface area contributed by atoms with E-state index in [1.807, 2.05) is 0 Å². The predicted molar refractivity (Wildman–Crippen MR) is 81.1 cm³/mol. The van der Waals surface area contributed by atoms with Gasteiger partial charge in [-0.1, -0.05) is 23.2 Å². The van der Waals surface area contributed by atoms with Gasteiger partial charge in [-0.15, -0.1) is 0 Å². The first kappa shape index (κ1) is 18.5. The summed E-state index contributed by atoms with van der Waals surface area (Å²) < 4.78 is 79.0. The summed E-state index contributed by atoms with van der Waals surface area (Å²) in [5, 5.41) is 2.90. The van der Waals surface area contributed by atoms with E-state index in [4.69, 9.17) is 28.9 Å². The first-order valence-electron chi connectivity index (χ1n) is 6.54. The molecular weight excluding hydrogens is 411 g/mol. The number of nitrogens with zero attached hydrogens (tertiary/aromatic N) is 4. The van der Waals surface area contributed by atoms with E-state index in [0.717, 1.165) is 6.20 Å². The third-order valence-corrected chi connectivity index (χ3v) is 3.72. The van der Waals surface area contributed by atoms with Crippen LogP contribution in [0.25, 0.3) is 16.7 Å². The van der Waals surface area contributed by atoms with Crippen LogP contribution in [0.15, 0.2) is 18.3 Å². The van der Waals surface area contributed by atoms with Crippen molar-refractivity contribution in [3.05, 3.63) is 39.8 Å². The minimum absolute atomic E-state index is 0.116. The number of alkyl halides is 6. The minimum Gasteiger partial charge on any atom is -0.383 e. The predicted octanol–water partition coefficient (Wildman–Crippen LogP) is 4.74. The second-order valence-electron chi connectivity index (χ2n) is 5.00. The zero-order chi connectivity index (χ0) is 19.4. The lowest BCUT2D eigenvalue weighted by Gasteiger charge is -2.11. The van der Waals surface area contributed by atoms with Crippen molar-refractivity contribution in [3.63, 3.8) is 0 Å². The highest BCUT2D eigenvalue weighted by molar-refractivity contribution is 6.35. The Kier molecular flexibility index (Phi) is 4.19. The molecule has 0 fully saturated rings. The summed E-state index contributed by atoms with van der Waals surface area (Å²) in [6.07, 6.45) is -9.18. The molecule has 13 heteroatoms. The fourth-order valence-electron chi connectivity index (χ4n) is 2.21. The van der Waals surface area contributed by atoms with Gasteiger partial charge < -0.3 is 5.73 Å².